The zero-order valence-corrected chi connectivity index (χ0v) is 15.1. The van der Waals surface area contributed by atoms with Crippen molar-refractivity contribution in [3.05, 3.63) is 59.9 Å². The van der Waals surface area contributed by atoms with E-state index in [1.807, 2.05) is 42.5 Å². The number of hydrogen-bond acceptors (Lipinski definition) is 3. The van der Waals surface area contributed by atoms with Gasteiger partial charge in [0.1, 0.15) is 11.6 Å². The van der Waals surface area contributed by atoms with Gasteiger partial charge in [-0.05, 0) is 38.5 Å². The van der Waals surface area contributed by atoms with E-state index in [0.29, 0.717) is 19.6 Å². The third-order valence-electron chi connectivity index (χ3n) is 4.88. The monoisotopic (exact) mass is 349 g/mol. The number of rotatable bonds is 4. The van der Waals surface area contributed by atoms with Crippen molar-refractivity contribution in [1.29, 1.82) is 0 Å². The fourth-order valence-corrected chi connectivity index (χ4v) is 3.70. The van der Waals surface area contributed by atoms with Crippen LogP contribution in [0.15, 0.2) is 48.5 Å². The topological polar surface area (TPSA) is 56.2 Å². The molecule has 0 saturated heterocycles. The molecule has 0 spiro atoms. The summed E-state index contributed by atoms with van der Waals surface area (Å²) >= 11 is 0. The van der Waals surface area contributed by atoms with E-state index in [2.05, 4.69) is 29.8 Å². The molecule has 1 amide bonds. The lowest BCUT2D eigenvalue weighted by Gasteiger charge is -2.25. The summed E-state index contributed by atoms with van der Waals surface area (Å²) in [4.78, 5) is 17.5. The summed E-state index contributed by atoms with van der Waals surface area (Å²) in [5.41, 5.74) is 3.03. The van der Waals surface area contributed by atoms with Crippen molar-refractivity contribution >= 4 is 16.9 Å². The molecular formula is C21H23N3O2. The molecule has 3 aromatic rings. The smallest absolute Gasteiger partial charge is 0.228 e. The van der Waals surface area contributed by atoms with Gasteiger partial charge in [-0.1, -0.05) is 30.3 Å². The summed E-state index contributed by atoms with van der Waals surface area (Å²) in [6.07, 6.45) is 0.698. The van der Waals surface area contributed by atoms with Crippen molar-refractivity contribution in [3.8, 4) is 5.75 Å². The van der Waals surface area contributed by atoms with Crippen molar-refractivity contribution in [3.63, 3.8) is 0 Å². The number of carbonyl (C=O) groups excluding carboxylic acids is 1. The molecule has 5 nitrogen and oxygen atoms in total. The van der Waals surface area contributed by atoms with E-state index >= 15 is 0 Å². The third kappa shape index (κ3) is 2.94. The first-order valence-electron chi connectivity index (χ1n) is 9.10. The number of nitrogens with one attached hydrogen (secondary N) is 1. The molecule has 1 aliphatic rings. The molecule has 1 atom stereocenters. The summed E-state index contributed by atoms with van der Waals surface area (Å²) in [6, 6.07) is 16.1. The molecule has 1 N–H and O–H groups in total. The second kappa shape index (κ2) is 6.83. The predicted molar refractivity (Wildman–Crippen MR) is 101 cm³/mol. The van der Waals surface area contributed by atoms with Gasteiger partial charge in [0.05, 0.1) is 30.1 Å². The summed E-state index contributed by atoms with van der Waals surface area (Å²) in [5.74, 6) is 1.56. The van der Waals surface area contributed by atoms with Crippen LogP contribution in [0.1, 0.15) is 43.6 Å². The van der Waals surface area contributed by atoms with Crippen molar-refractivity contribution in [2.75, 3.05) is 6.61 Å². The van der Waals surface area contributed by atoms with E-state index in [9.17, 15) is 4.79 Å². The van der Waals surface area contributed by atoms with Crippen LogP contribution in [-0.2, 0) is 11.3 Å². The molecule has 1 aliphatic heterocycles. The van der Waals surface area contributed by atoms with Gasteiger partial charge in [0, 0.05) is 11.6 Å². The van der Waals surface area contributed by atoms with Crippen LogP contribution in [0.3, 0.4) is 0 Å². The fraction of sp³-hybridized carbons (Fsp3) is 0.333. The Morgan fingerprint density at radius 3 is 2.85 bits per heavy atom. The van der Waals surface area contributed by atoms with Gasteiger partial charge in [-0.15, -0.1) is 0 Å². The minimum atomic E-state index is -0.170. The Bertz CT molecular complexity index is 945. The maximum Gasteiger partial charge on any atom is 0.228 e. The first-order chi connectivity index (χ1) is 12.6. The number of carbonyl (C=O) groups is 1. The molecule has 0 aliphatic carbocycles. The molecule has 2 heterocycles. The highest BCUT2D eigenvalue weighted by molar-refractivity contribution is 5.84. The van der Waals surface area contributed by atoms with Crippen molar-refractivity contribution in [2.45, 2.75) is 38.8 Å². The normalized spacial score (nSPS) is 16.3. The molecule has 0 radical (unpaired) electrons. The molecule has 1 aromatic heterocycles. The summed E-state index contributed by atoms with van der Waals surface area (Å²) in [7, 11) is 0. The number of amides is 1. The zero-order valence-electron chi connectivity index (χ0n) is 15.1. The van der Waals surface area contributed by atoms with Gasteiger partial charge in [0.25, 0.3) is 0 Å². The largest absolute Gasteiger partial charge is 0.493 e. The molecule has 134 valence electrons. The van der Waals surface area contributed by atoms with Gasteiger partial charge < -0.3 is 14.6 Å². The Morgan fingerprint density at radius 2 is 2.00 bits per heavy atom. The van der Waals surface area contributed by atoms with Crippen molar-refractivity contribution < 1.29 is 9.53 Å². The number of hydrogen-bond donors (Lipinski definition) is 1. The van der Waals surface area contributed by atoms with E-state index in [0.717, 1.165) is 28.2 Å². The van der Waals surface area contributed by atoms with Gasteiger partial charge in [0.15, 0.2) is 0 Å². The van der Waals surface area contributed by atoms with Crippen LogP contribution in [0, 0.1) is 0 Å². The van der Waals surface area contributed by atoms with Crippen LogP contribution >= 0.6 is 0 Å². The number of imidazole rings is 1. The first kappa shape index (κ1) is 16.6. The standard InChI is InChI=1S/C21H23N3O2/c1-14(2)24-18-9-5-4-8-17(18)23-20(24)13-22-21(25)16-11-12-26-19-10-6-3-7-15(16)19/h3-10,14,16H,11-13H2,1-2H3,(H,22,25). The minimum Gasteiger partial charge on any atom is -0.493 e. The highest BCUT2D eigenvalue weighted by atomic mass is 16.5. The van der Waals surface area contributed by atoms with Crippen LogP contribution in [0.2, 0.25) is 0 Å². The van der Waals surface area contributed by atoms with Crippen LogP contribution in [-0.4, -0.2) is 22.1 Å². The molecule has 5 heteroatoms. The van der Waals surface area contributed by atoms with Gasteiger partial charge >= 0.3 is 0 Å². The Balaban J connectivity index is 1.56. The number of nitrogens with zero attached hydrogens (tertiary/aromatic N) is 2. The van der Waals surface area contributed by atoms with Crippen molar-refractivity contribution in [2.24, 2.45) is 0 Å². The Kier molecular flexibility index (Phi) is 4.37. The molecule has 4 rings (SSSR count). The van der Waals surface area contributed by atoms with E-state index < -0.39 is 0 Å². The average Bonchev–Trinajstić information content (AvgIpc) is 3.04. The molecule has 2 aromatic carbocycles. The van der Waals surface area contributed by atoms with E-state index in [1.54, 1.807) is 0 Å². The van der Waals surface area contributed by atoms with Gasteiger partial charge in [0.2, 0.25) is 5.91 Å². The number of aromatic nitrogens is 2. The van der Waals surface area contributed by atoms with Crippen LogP contribution in [0.4, 0.5) is 0 Å². The second-order valence-electron chi connectivity index (χ2n) is 6.93. The lowest BCUT2D eigenvalue weighted by Crippen LogP contribution is -2.32. The van der Waals surface area contributed by atoms with Crippen LogP contribution in [0.25, 0.3) is 11.0 Å². The average molecular weight is 349 g/mol. The molecule has 0 fully saturated rings. The molecule has 1 unspecified atom stereocenters. The maximum absolute atomic E-state index is 12.8. The van der Waals surface area contributed by atoms with Crippen molar-refractivity contribution in [1.82, 2.24) is 14.9 Å². The molecule has 0 bridgehead atoms. The van der Waals surface area contributed by atoms with Crippen LogP contribution < -0.4 is 10.1 Å². The number of para-hydroxylation sites is 3. The van der Waals surface area contributed by atoms with Crippen LogP contribution in [0.5, 0.6) is 5.75 Å². The summed E-state index contributed by atoms with van der Waals surface area (Å²) < 4.78 is 7.85. The Hall–Kier alpha value is -2.82. The molecular weight excluding hydrogens is 326 g/mol. The number of benzene rings is 2. The van der Waals surface area contributed by atoms with E-state index in [1.165, 1.54) is 0 Å². The maximum atomic E-state index is 12.8. The zero-order chi connectivity index (χ0) is 18.1. The van der Waals surface area contributed by atoms with Gasteiger partial charge in [-0.3, -0.25) is 4.79 Å². The molecule has 26 heavy (non-hydrogen) atoms. The quantitative estimate of drug-likeness (QED) is 0.779. The summed E-state index contributed by atoms with van der Waals surface area (Å²) in [6.45, 7) is 5.26. The predicted octanol–water partition coefficient (Wildman–Crippen LogP) is 3.80. The molecule has 0 saturated carbocycles. The third-order valence-corrected chi connectivity index (χ3v) is 4.88. The van der Waals surface area contributed by atoms with Gasteiger partial charge in [-0.2, -0.15) is 0 Å². The highest BCUT2D eigenvalue weighted by Crippen LogP contribution is 2.33. The lowest BCUT2D eigenvalue weighted by molar-refractivity contribution is -0.123. The van der Waals surface area contributed by atoms with E-state index in [-0.39, 0.29) is 17.9 Å². The number of fused-ring (bicyclic) bond motifs is 2. The highest BCUT2D eigenvalue weighted by Gasteiger charge is 2.27. The second-order valence-corrected chi connectivity index (χ2v) is 6.93. The van der Waals surface area contributed by atoms with Gasteiger partial charge in [-0.25, -0.2) is 4.98 Å². The fourth-order valence-electron chi connectivity index (χ4n) is 3.70. The SMILES string of the molecule is CC(C)n1c(CNC(=O)C2CCOc3ccccc32)nc2ccccc21. The lowest BCUT2D eigenvalue weighted by atomic mass is 9.92. The Labute approximate surface area is 153 Å². The summed E-state index contributed by atoms with van der Waals surface area (Å²) in [5, 5.41) is 3.09. The first-order valence-corrected chi connectivity index (χ1v) is 9.10. The Morgan fingerprint density at radius 1 is 1.23 bits per heavy atom. The minimum absolute atomic E-state index is 0.0307. The van der Waals surface area contributed by atoms with E-state index in [4.69, 9.17) is 9.72 Å². The number of ether oxygens (including phenoxy) is 1.